The second-order valence-corrected chi connectivity index (χ2v) is 6.84. The zero-order chi connectivity index (χ0) is 19.5. The molecule has 0 bridgehead atoms. The fourth-order valence-corrected chi connectivity index (χ4v) is 3.20. The molecular weight excluding hydrogens is 374 g/mol. The summed E-state index contributed by atoms with van der Waals surface area (Å²) in [7, 11) is 1.64. The molecule has 4 nitrogen and oxygen atoms in total. The Bertz CT molecular complexity index is 1040. The Labute approximate surface area is 168 Å². The Hall–Kier alpha value is -3.24. The number of carbonyl (C=O) groups excluding carboxylic acids is 1. The van der Waals surface area contributed by atoms with Crippen LogP contribution in [0.5, 0.6) is 11.5 Å². The third-order valence-corrected chi connectivity index (χ3v) is 4.76. The molecule has 140 valence electrons. The lowest BCUT2D eigenvalue weighted by molar-refractivity contribution is -0.110. The van der Waals surface area contributed by atoms with Gasteiger partial charge in [0, 0.05) is 16.2 Å². The minimum Gasteiger partial charge on any atom is -0.497 e. The zero-order valence-corrected chi connectivity index (χ0v) is 16.0. The van der Waals surface area contributed by atoms with Crippen LogP contribution in [-0.2, 0) is 11.4 Å². The van der Waals surface area contributed by atoms with Crippen LogP contribution in [0.2, 0.25) is 5.02 Å². The molecule has 1 aliphatic rings. The Morgan fingerprint density at radius 3 is 2.39 bits per heavy atom. The minimum atomic E-state index is -0.128. The monoisotopic (exact) mass is 391 g/mol. The van der Waals surface area contributed by atoms with E-state index in [-0.39, 0.29) is 5.91 Å². The van der Waals surface area contributed by atoms with Gasteiger partial charge in [0.15, 0.2) is 0 Å². The number of ether oxygens (including phenoxy) is 2. The van der Waals surface area contributed by atoms with Crippen molar-refractivity contribution in [1.82, 2.24) is 0 Å². The summed E-state index contributed by atoms with van der Waals surface area (Å²) in [6.07, 6.45) is 1.86. The topological polar surface area (TPSA) is 47.6 Å². The van der Waals surface area contributed by atoms with Crippen molar-refractivity contribution < 1.29 is 14.3 Å². The number of carbonyl (C=O) groups is 1. The van der Waals surface area contributed by atoms with Gasteiger partial charge in [-0.3, -0.25) is 4.79 Å². The molecular formula is C23H18ClNO3. The van der Waals surface area contributed by atoms with E-state index < -0.39 is 0 Å². The second kappa shape index (κ2) is 7.79. The molecule has 3 aromatic rings. The van der Waals surface area contributed by atoms with E-state index in [1.807, 2.05) is 60.7 Å². The molecule has 0 radical (unpaired) electrons. The number of anilines is 1. The van der Waals surface area contributed by atoms with E-state index in [2.05, 4.69) is 5.32 Å². The summed E-state index contributed by atoms with van der Waals surface area (Å²) in [5, 5.41) is 3.44. The molecule has 0 aromatic heterocycles. The average Bonchev–Trinajstić information content (AvgIpc) is 3.02. The van der Waals surface area contributed by atoms with Gasteiger partial charge in [0.25, 0.3) is 5.91 Å². The van der Waals surface area contributed by atoms with Crippen molar-refractivity contribution in [2.45, 2.75) is 6.61 Å². The molecule has 1 heterocycles. The van der Waals surface area contributed by atoms with Crippen molar-refractivity contribution in [3.63, 3.8) is 0 Å². The van der Waals surface area contributed by atoms with E-state index in [0.29, 0.717) is 17.2 Å². The maximum absolute atomic E-state index is 12.3. The molecule has 5 heteroatoms. The second-order valence-electron chi connectivity index (χ2n) is 6.41. The SMILES string of the molecule is COc1ccc(COc2ccc(/C=C3/C(=O)Nc4cc(Cl)ccc43)cc2)cc1. The van der Waals surface area contributed by atoms with Crippen LogP contribution in [0.25, 0.3) is 11.6 Å². The number of halogens is 1. The van der Waals surface area contributed by atoms with Gasteiger partial charge >= 0.3 is 0 Å². The predicted octanol–water partition coefficient (Wildman–Crippen LogP) is 5.42. The van der Waals surface area contributed by atoms with Crippen LogP contribution in [0, 0.1) is 0 Å². The summed E-state index contributed by atoms with van der Waals surface area (Å²) in [6.45, 7) is 0.473. The van der Waals surface area contributed by atoms with E-state index in [1.165, 1.54) is 0 Å². The number of hydrogen-bond donors (Lipinski definition) is 1. The van der Waals surface area contributed by atoms with Crippen LogP contribution in [0.1, 0.15) is 16.7 Å². The quantitative estimate of drug-likeness (QED) is 0.591. The third kappa shape index (κ3) is 3.87. The Kier molecular flexibility index (Phi) is 5.04. The number of amides is 1. The summed E-state index contributed by atoms with van der Waals surface area (Å²) in [5.74, 6) is 1.46. The van der Waals surface area contributed by atoms with Gasteiger partial charge in [-0.05, 0) is 53.6 Å². The van der Waals surface area contributed by atoms with E-state index in [4.69, 9.17) is 21.1 Å². The van der Waals surface area contributed by atoms with Gasteiger partial charge in [0.1, 0.15) is 18.1 Å². The largest absolute Gasteiger partial charge is 0.497 e. The lowest BCUT2D eigenvalue weighted by Gasteiger charge is -2.07. The van der Waals surface area contributed by atoms with Crippen LogP contribution in [0.3, 0.4) is 0 Å². The molecule has 1 N–H and O–H groups in total. The summed E-state index contributed by atoms with van der Waals surface area (Å²) < 4.78 is 11.0. The highest BCUT2D eigenvalue weighted by molar-refractivity contribution is 6.36. The van der Waals surface area contributed by atoms with Crippen LogP contribution in [-0.4, -0.2) is 13.0 Å². The van der Waals surface area contributed by atoms with Gasteiger partial charge in [-0.25, -0.2) is 0 Å². The lowest BCUT2D eigenvalue weighted by Crippen LogP contribution is -2.03. The molecule has 0 spiro atoms. The van der Waals surface area contributed by atoms with Gasteiger partial charge < -0.3 is 14.8 Å². The van der Waals surface area contributed by atoms with Crippen LogP contribution in [0.4, 0.5) is 5.69 Å². The average molecular weight is 392 g/mol. The van der Waals surface area contributed by atoms with E-state index in [0.717, 1.165) is 33.9 Å². The van der Waals surface area contributed by atoms with Crippen molar-refractivity contribution in [2.24, 2.45) is 0 Å². The first-order valence-electron chi connectivity index (χ1n) is 8.81. The normalized spacial score (nSPS) is 13.9. The maximum Gasteiger partial charge on any atom is 0.256 e. The third-order valence-electron chi connectivity index (χ3n) is 4.52. The molecule has 0 unspecified atom stereocenters. The van der Waals surface area contributed by atoms with E-state index >= 15 is 0 Å². The van der Waals surface area contributed by atoms with E-state index in [9.17, 15) is 4.79 Å². The molecule has 0 saturated carbocycles. The van der Waals surface area contributed by atoms with Gasteiger partial charge in [-0.2, -0.15) is 0 Å². The smallest absolute Gasteiger partial charge is 0.256 e. The number of nitrogens with one attached hydrogen (secondary N) is 1. The highest BCUT2D eigenvalue weighted by Crippen LogP contribution is 2.35. The molecule has 0 fully saturated rings. The van der Waals surface area contributed by atoms with Crippen LogP contribution >= 0.6 is 11.6 Å². The van der Waals surface area contributed by atoms with Gasteiger partial charge in [0.2, 0.25) is 0 Å². The molecule has 28 heavy (non-hydrogen) atoms. The lowest BCUT2D eigenvalue weighted by atomic mass is 10.0. The van der Waals surface area contributed by atoms with Crippen molar-refractivity contribution in [3.8, 4) is 11.5 Å². The Balaban J connectivity index is 1.46. The number of rotatable bonds is 5. The number of benzene rings is 3. The highest BCUT2D eigenvalue weighted by Gasteiger charge is 2.23. The molecule has 1 aliphatic heterocycles. The van der Waals surface area contributed by atoms with E-state index in [1.54, 1.807) is 19.2 Å². The first-order valence-corrected chi connectivity index (χ1v) is 9.19. The fraction of sp³-hybridized carbons (Fsp3) is 0.0870. The van der Waals surface area contributed by atoms with Crippen LogP contribution in [0.15, 0.2) is 66.7 Å². The molecule has 0 atom stereocenters. The molecule has 4 rings (SSSR count). The van der Waals surface area contributed by atoms with Crippen molar-refractivity contribution in [3.05, 3.63) is 88.4 Å². The molecule has 0 aliphatic carbocycles. The Morgan fingerprint density at radius 2 is 1.68 bits per heavy atom. The number of hydrogen-bond acceptors (Lipinski definition) is 3. The molecule has 1 amide bonds. The maximum atomic E-state index is 12.3. The van der Waals surface area contributed by atoms with Gasteiger partial charge in [0.05, 0.1) is 12.8 Å². The van der Waals surface area contributed by atoms with Gasteiger partial charge in [-0.15, -0.1) is 0 Å². The first-order chi connectivity index (χ1) is 13.6. The Morgan fingerprint density at radius 1 is 0.964 bits per heavy atom. The van der Waals surface area contributed by atoms with Crippen LogP contribution < -0.4 is 14.8 Å². The number of fused-ring (bicyclic) bond motifs is 1. The highest BCUT2D eigenvalue weighted by atomic mass is 35.5. The van der Waals surface area contributed by atoms with Gasteiger partial charge in [-0.1, -0.05) is 41.9 Å². The van der Waals surface area contributed by atoms with Crippen molar-refractivity contribution in [1.29, 1.82) is 0 Å². The zero-order valence-electron chi connectivity index (χ0n) is 15.2. The summed E-state index contributed by atoms with van der Waals surface area (Å²) in [4.78, 5) is 12.3. The first kappa shape index (κ1) is 18.1. The fourth-order valence-electron chi connectivity index (χ4n) is 3.03. The number of methoxy groups -OCH3 is 1. The van der Waals surface area contributed by atoms with Crippen molar-refractivity contribution in [2.75, 3.05) is 12.4 Å². The summed E-state index contributed by atoms with van der Waals surface area (Å²) in [5.41, 5.74) is 4.20. The standard InChI is InChI=1S/C23H18ClNO3/c1-27-18-7-4-16(5-8-18)14-28-19-9-2-15(3-10-19)12-21-20-11-6-17(24)13-22(20)25-23(21)26/h2-13H,14H2,1H3,(H,25,26)/b21-12+. The summed E-state index contributed by atoms with van der Waals surface area (Å²) in [6, 6.07) is 20.8. The predicted molar refractivity (Wildman–Crippen MR) is 112 cm³/mol. The van der Waals surface area contributed by atoms with Crippen molar-refractivity contribution >= 4 is 34.8 Å². The molecule has 3 aromatic carbocycles. The summed E-state index contributed by atoms with van der Waals surface area (Å²) >= 11 is 5.99. The minimum absolute atomic E-state index is 0.128. The molecule has 0 saturated heterocycles.